The zero-order valence-corrected chi connectivity index (χ0v) is 17.7. The maximum atomic E-state index is 6.22. The first-order valence-electron chi connectivity index (χ1n) is 11.3. The van der Waals surface area contributed by atoms with Gasteiger partial charge in [-0.3, -0.25) is 9.88 Å². The molecule has 3 aromatic rings. The predicted octanol–water partition coefficient (Wildman–Crippen LogP) is 3.12. The van der Waals surface area contributed by atoms with Crippen molar-refractivity contribution in [1.82, 2.24) is 19.9 Å². The van der Waals surface area contributed by atoms with Crippen molar-refractivity contribution in [2.75, 3.05) is 31.1 Å². The molecule has 2 saturated heterocycles. The fourth-order valence-electron chi connectivity index (χ4n) is 5.23. The molecule has 0 saturated carbocycles. The van der Waals surface area contributed by atoms with Gasteiger partial charge in [-0.1, -0.05) is 36.4 Å². The summed E-state index contributed by atoms with van der Waals surface area (Å²) in [6, 6.07) is 17.1. The fourth-order valence-corrected chi connectivity index (χ4v) is 5.23. The molecule has 2 fully saturated rings. The van der Waals surface area contributed by atoms with E-state index < -0.39 is 0 Å². The Balaban J connectivity index is 1.30. The first-order valence-corrected chi connectivity index (χ1v) is 11.3. The molecule has 6 nitrogen and oxygen atoms in total. The summed E-state index contributed by atoms with van der Waals surface area (Å²) < 4.78 is 6.22. The third kappa shape index (κ3) is 3.60. The van der Waals surface area contributed by atoms with Crippen LogP contribution in [0.4, 0.5) is 5.82 Å². The van der Waals surface area contributed by atoms with Crippen LogP contribution < -0.4 is 4.90 Å². The average Bonchev–Trinajstić information content (AvgIpc) is 3.47. The van der Waals surface area contributed by atoms with Crippen LogP contribution in [-0.4, -0.2) is 58.2 Å². The number of aromatic nitrogens is 3. The molecular formula is C25H27N5O. The smallest absolute Gasteiger partial charge is 0.180 e. The molecule has 158 valence electrons. The van der Waals surface area contributed by atoms with Crippen molar-refractivity contribution in [2.45, 2.75) is 38.0 Å². The molecule has 2 aliphatic heterocycles. The highest BCUT2D eigenvalue weighted by Crippen LogP contribution is 2.35. The van der Waals surface area contributed by atoms with Crippen molar-refractivity contribution in [2.24, 2.45) is 0 Å². The van der Waals surface area contributed by atoms with Crippen LogP contribution >= 0.6 is 0 Å². The first kappa shape index (κ1) is 18.9. The number of morpholine rings is 1. The van der Waals surface area contributed by atoms with Crippen molar-refractivity contribution in [3.8, 4) is 11.5 Å². The Hall–Kier alpha value is -2.83. The maximum Gasteiger partial charge on any atom is 0.180 e. The topological polar surface area (TPSA) is 54.4 Å². The third-order valence-corrected chi connectivity index (χ3v) is 6.75. The van der Waals surface area contributed by atoms with Crippen molar-refractivity contribution in [1.29, 1.82) is 0 Å². The third-order valence-electron chi connectivity index (χ3n) is 6.75. The van der Waals surface area contributed by atoms with Gasteiger partial charge in [-0.25, -0.2) is 9.97 Å². The summed E-state index contributed by atoms with van der Waals surface area (Å²) in [5.74, 6) is 1.84. The predicted molar refractivity (Wildman–Crippen MR) is 120 cm³/mol. The van der Waals surface area contributed by atoms with E-state index in [9.17, 15) is 0 Å². The highest BCUT2D eigenvalue weighted by Gasteiger charge is 2.41. The molecule has 2 unspecified atom stereocenters. The number of hydrogen-bond acceptors (Lipinski definition) is 6. The lowest BCUT2D eigenvalue weighted by molar-refractivity contribution is -0.0499. The number of anilines is 1. The molecule has 2 atom stereocenters. The van der Waals surface area contributed by atoms with E-state index in [2.05, 4.69) is 45.1 Å². The highest BCUT2D eigenvalue weighted by molar-refractivity contribution is 5.59. The Bertz CT molecular complexity index is 1060. The lowest BCUT2D eigenvalue weighted by Gasteiger charge is -2.36. The summed E-state index contributed by atoms with van der Waals surface area (Å²) in [5, 5.41) is 0. The summed E-state index contributed by atoms with van der Waals surface area (Å²) >= 11 is 0. The fraction of sp³-hybridized carbons (Fsp3) is 0.400. The van der Waals surface area contributed by atoms with Gasteiger partial charge in [0.05, 0.1) is 18.8 Å². The zero-order valence-electron chi connectivity index (χ0n) is 17.7. The summed E-state index contributed by atoms with van der Waals surface area (Å²) in [5.41, 5.74) is 4.73. The Morgan fingerprint density at radius 3 is 2.74 bits per heavy atom. The molecule has 2 aromatic heterocycles. The van der Waals surface area contributed by atoms with Gasteiger partial charge in [0.2, 0.25) is 0 Å². The number of benzene rings is 1. The van der Waals surface area contributed by atoms with Gasteiger partial charge in [-0.2, -0.15) is 0 Å². The van der Waals surface area contributed by atoms with Gasteiger partial charge in [0.25, 0.3) is 0 Å². The molecular weight excluding hydrogens is 386 g/mol. The molecule has 0 spiro atoms. The summed E-state index contributed by atoms with van der Waals surface area (Å²) in [6.45, 7) is 4.58. The molecule has 31 heavy (non-hydrogen) atoms. The van der Waals surface area contributed by atoms with Gasteiger partial charge < -0.3 is 9.64 Å². The number of nitrogens with zero attached hydrogens (tertiary/aromatic N) is 5. The normalized spacial score (nSPS) is 23.0. The average molecular weight is 414 g/mol. The van der Waals surface area contributed by atoms with Gasteiger partial charge in [0.15, 0.2) is 5.82 Å². The molecule has 0 bridgehead atoms. The lowest BCUT2D eigenvalue weighted by Crippen LogP contribution is -2.50. The number of fused-ring (bicyclic) bond motifs is 2. The van der Waals surface area contributed by atoms with Crippen LogP contribution in [0.3, 0.4) is 0 Å². The lowest BCUT2D eigenvalue weighted by atomic mass is 10.1. The van der Waals surface area contributed by atoms with Crippen LogP contribution in [0.25, 0.3) is 11.5 Å². The SMILES string of the molecule is c1ccc(CN2CCOC3CN(c4nc(-c5ccccn5)nc5c4CCC5)CC32)cc1. The Labute approximate surface area is 182 Å². The Kier molecular flexibility index (Phi) is 4.89. The second-order valence-electron chi connectivity index (χ2n) is 8.70. The number of ether oxygens (including phenoxy) is 1. The van der Waals surface area contributed by atoms with Crippen molar-refractivity contribution >= 4 is 5.82 Å². The maximum absolute atomic E-state index is 6.22. The van der Waals surface area contributed by atoms with E-state index in [1.54, 1.807) is 0 Å². The second-order valence-corrected chi connectivity index (χ2v) is 8.70. The van der Waals surface area contributed by atoms with Crippen molar-refractivity contribution < 1.29 is 4.74 Å². The summed E-state index contributed by atoms with van der Waals surface area (Å²) in [6.07, 6.45) is 5.28. The van der Waals surface area contributed by atoms with Gasteiger partial charge in [0.1, 0.15) is 11.5 Å². The monoisotopic (exact) mass is 413 g/mol. The first-order chi connectivity index (χ1) is 15.3. The molecule has 4 heterocycles. The number of pyridine rings is 1. The Morgan fingerprint density at radius 1 is 0.968 bits per heavy atom. The molecule has 0 N–H and O–H groups in total. The van der Waals surface area contributed by atoms with Gasteiger partial charge in [-0.15, -0.1) is 0 Å². The minimum Gasteiger partial charge on any atom is -0.373 e. The minimum atomic E-state index is 0.225. The van der Waals surface area contributed by atoms with E-state index in [0.29, 0.717) is 6.04 Å². The molecule has 0 amide bonds. The van der Waals surface area contributed by atoms with E-state index in [0.717, 1.165) is 69.4 Å². The van der Waals surface area contributed by atoms with E-state index in [1.807, 2.05) is 24.4 Å². The van der Waals surface area contributed by atoms with Gasteiger partial charge in [-0.05, 0) is 37.0 Å². The number of rotatable bonds is 4. The minimum absolute atomic E-state index is 0.225. The van der Waals surface area contributed by atoms with Crippen LogP contribution in [0.5, 0.6) is 0 Å². The van der Waals surface area contributed by atoms with Gasteiger partial charge in [0, 0.05) is 43.6 Å². The molecule has 6 heteroatoms. The van der Waals surface area contributed by atoms with Crippen LogP contribution in [0.1, 0.15) is 23.2 Å². The van der Waals surface area contributed by atoms with E-state index >= 15 is 0 Å². The number of hydrogen-bond donors (Lipinski definition) is 0. The molecule has 0 radical (unpaired) electrons. The largest absolute Gasteiger partial charge is 0.373 e. The molecule has 6 rings (SSSR count). The quantitative estimate of drug-likeness (QED) is 0.655. The Morgan fingerprint density at radius 2 is 1.87 bits per heavy atom. The van der Waals surface area contributed by atoms with E-state index in [-0.39, 0.29) is 6.10 Å². The molecule has 1 aromatic carbocycles. The van der Waals surface area contributed by atoms with Crippen LogP contribution in [0, 0.1) is 0 Å². The number of aryl methyl sites for hydroxylation is 1. The molecule has 1 aliphatic carbocycles. The van der Waals surface area contributed by atoms with E-state index in [1.165, 1.54) is 16.8 Å². The second kappa shape index (κ2) is 8.02. The van der Waals surface area contributed by atoms with Gasteiger partial charge >= 0.3 is 0 Å². The standard InChI is InChI=1S/C25H27N5O/c1-2-7-18(8-3-1)15-29-13-14-31-23-17-30(16-22(23)29)25-19-9-6-11-20(19)27-24(28-25)21-10-4-5-12-26-21/h1-5,7-8,10,12,22-23H,6,9,11,13-17H2. The van der Waals surface area contributed by atoms with Crippen LogP contribution in [-0.2, 0) is 24.1 Å². The van der Waals surface area contributed by atoms with Crippen molar-refractivity contribution in [3.05, 3.63) is 71.5 Å². The molecule has 3 aliphatic rings. The highest BCUT2D eigenvalue weighted by atomic mass is 16.5. The zero-order chi connectivity index (χ0) is 20.6. The summed E-state index contributed by atoms with van der Waals surface area (Å²) in [4.78, 5) is 19.4. The van der Waals surface area contributed by atoms with E-state index in [4.69, 9.17) is 14.7 Å². The van der Waals surface area contributed by atoms with Crippen LogP contribution in [0.15, 0.2) is 54.7 Å². The van der Waals surface area contributed by atoms with Crippen molar-refractivity contribution in [3.63, 3.8) is 0 Å². The summed E-state index contributed by atoms with van der Waals surface area (Å²) in [7, 11) is 0. The van der Waals surface area contributed by atoms with Crippen LogP contribution in [0.2, 0.25) is 0 Å².